The average Bonchev–Trinajstić information content (AvgIpc) is 2.58. The van der Waals surface area contributed by atoms with Gasteiger partial charge in [-0.3, -0.25) is 9.59 Å². The van der Waals surface area contributed by atoms with E-state index in [1.165, 1.54) is 7.11 Å². The molecular weight excluding hydrogens is 314 g/mol. The van der Waals surface area contributed by atoms with Crippen LogP contribution in [0.15, 0.2) is 0 Å². The number of esters is 1. The fraction of sp³-hybridized carbons (Fsp3) is 0.750. The first-order chi connectivity index (χ1) is 11.5. The molecule has 1 aliphatic rings. The summed E-state index contributed by atoms with van der Waals surface area (Å²) in [6, 6.07) is -0.937. The van der Waals surface area contributed by atoms with E-state index in [4.69, 9.17) is 15.0 Å². The molecule has 0 saturated heterocycles. The third-order valence-corrected chi connectivity index (χ3v) is 4.04. The Morgan fingerprint density at radius 3 is 2.54 bits per heavy atom. The Morgan fingerprint density at radius 1 is 1.29 bits per heavy atom. The van der Waals surface area contributed by atoms with Crippen molar-refractivity contribution in [1.29, 1.82) is 0 Å². The van der Waals surface area contributed by atoms with Crippen molar-refractivity contribution >= 4 is 23.9 Å². The van der Waals surface area contributed by atoms with Gasteiger partial charge in [-0.15, -0.1) is 0 Å². The Balaban J connectivity index is 2.66. The topological polar surface area (TPSA) is 118 Å². The van der Waals surface area contributed by atoms with E-state index in [9.17, 15) is 14.4 Å². The number of methoxy groups -OCH3 is 1. The molecule has 2 atom stereocenters. The number of carbonyl (C=O) groups excluding carboxylic acids is 3. The van der Waals surface area contributed by atoms with Crippen LogP contribution in [0.25, 0.3) is 5.53 Å². The zero-order chi connectivity index (χ0) is 17.9. The SMILES string of the molecule is CO[C@@H](C)C(=O)N[C@@H](CCC(=O)C=[N+]=[N-])C(=O)OC1CCCCC1. The van der Waals surface area contributed by atoms with E-state index in [1.54, 1.807) is 6.92 Å². The van der Waals surface area contributed by atoms with E-state index in [-0.39, 0.29) is 18.9 Å². The van der Waals surface area contributed by atoms with Crippen LogP contribution >= 0.6 is 0 Å². The van der Waals surface area contributed by atoms with E-state index >= 15 is 0 Å². The van der Waals surface area contributed by atoms with Crippen LogP contribution < -0.4 is 5.32 Å². The normalized spacial score (nSPS) is 17.2. The molecule has 1 aliphatic carbocycles. The number of carbonyl (C=O) groups is 3. The second-order valence-corrected chi connectivity index (χ2v) is 5.89. The van der Waals surface area contributed by atoms with Crippen LogP contribution in [0.2, 0.25) is 0 Å². The molecule has 0 unspecified atom stereocenters. The van der Waals surface area contributed by atoms with Gasteiger partial charge in [0.25, 0.3) is 0 Å². The number of ether oxygens (including phenoxy) is 2. The minimum Gasteiger partial charge on any atom is -0.461 e. The third-order valence-electron chi connectivity index (χ3n) is 4.04. The van der Waals surface area contributed by atoms with Crippen molar-refractivity contribution < 1.29 is 28.6 Å². The van der Waals surface area contributed by atoms with Gasteiger partial charge < -0.3 is 20.3 Å². The number of hydrogen-bond acceptors (Lipinski definition) is 5. The molecule has 1 rings (SSSR count). The number of Topliss-reactive ketones (excluding diaryl/α,β-unsaturated/α-hetero) is 1. The van der Waals surface area contributed by atoms with Gasteiger partial charge in [-0.05, 0) is 39.0 Å². The highest BCUT2D eigenvalue weighted by molar-refractivity contribution is 6.25. The Bertz CT molecular complexity index is 496. The molecule has 0 aromatic heterocycles. The fourth-order valence-electron chi connectivity index (χ4n) is 2.49. The number of rotatable bonds is 9. The molecule has 1 fully saturated rings. The summed E-state index contributed by atoms with van der Waals surface area (Å²) in [6.07, 6.45) is 4.73. The molecule has 0 aliphatic heterocycles. The van der Waals surface area contributed by atoms with Gasteiger partial charge in [-0.25, -0.2) is 4.79 Å². The lowest BCUT2D eigenvalue weighted by Crippen LogP contribution is -2.47. The summed E-state index contributed by atoms with van der Waals surface area (Å²) in [4.78, 5) is 38.4. The molecule has 0 spiro atoms. The third kappa shape index (κ3) is 7.02. The van der Waals surface area contributed by atoms with Crippen LogP contribution in [0.5, 0.6) is 0 Å². The molecule has 1 saturated carbocycles. The van der Waals surface area contributed by atoms with Crippen molar-refractivity contribution in [3.63, 3.8) is 0 Å². The molecule has 134 valence electrons. The molecule has 0 bridgehead atoms. The number of ketones is 1. The summed E-state index contributed by atoms with van der Waals surface area (Å²) >= 11 is 0. The minimum atomic E-state index is -0.937. The van der Waals surface area contributed by atoms with E-state index in [1.807, 2.05) is 0 Å². The maximum Gasteiger partial charge on any atom is 0.328 e. The molecule has 0 aromatic carbocycles. The fourth-order valence-corrected chi connectivity index (χ4v) is 2.49. The van der Waals surface area contributed by atoms with Gasteiger partial charge in [0.05, 0.1) is 0 Å². The molecule has 0 aromatic rings. The predicted octanol–water partition coefficient (Wildman–Crippen LogP) is 1.03. The summed E-state index contributed by atoms with van der Waals surface area (Å²) in [5, 5.41) is 2.56. The predicted molar refractivity (Wildman–Crippen MR) is 85.3 cm³/mol. The van der Waals surface area contributed by atoms with Crippen molar-refractivity contribution in [2.75, 3.05) is 7.11 Å². The van der Waals surface area contributed by atoms with Crippen molar-refractivity contribution in [3.8, 4) is 0 Å². The van der Waals surface area contributed by atoms with Gasteiger partial charge in [-0.1, -0.05) is 6.42 Å². The highest BCUT2D eigenvalue weighted by Gasteiger charge is 2.28. The van der Waals surface area contributed by atoms with Gasteiger partial charge in [-0.2, -0.15) is 4.79 Å². The molecule has 0 radical (unpaired) electrons. The standard InChI is InChI=1S/C16H25N3O5/c1-11(23-2)15(21)19-14(9-8-12(20)10-18-17)16(22)24-13-6-4-3-5-7-13/h10-11,13-14H,3-9H2,1-2H3,(H,19,21)/t11-,14-/m0/s1. The van der Waals surface area contributed by atoms with Gasteiger partial charge in [0, 0.05) is 13.5 Å². The molecule has 1 N–H and O–H groups in total. The largest absolute Gasteiger partial charge is 0.461 e. The first kappa shape index (κ1) is 20.0. The summed E-state index contributed by atoms with van der Waals surface area (Å²) in [5.74, 6) is -1.44. The van der Waals surface area contributed by atoms with Gasteiger partial charge in [0.2, 0.25) is 11.7 Å². The Kier molecular flexibility index (Phi) is 8.89. The highest BCUT2D eigenvalue weighted by atomic mass is 16.5. The molecular formula is C16H25N3O5. The van der Waals surface area contributed by atoms with Gasteiger partial charge in [0.15, 0.2) is 0 Å². The van der Waals surface area contributed by atoms with Crippen LogP contribution in [0.1, 0.15) is 51.9 Å². The second-order valence-electron chi connectivity index (χ2n) is 5.89. The first-order valence-electron chi connectivity index (χ1n) is 8.21. The quantitative estimate of drug-likeness (QED) is 0.291. The highest BCUT2D eigenvalue weighted by Crippen LogP contribution is 2.21. The monoisotopic (exact) mass is 339 g/mol. The van der Waals surface area contributed by atoms with E-state index in [2.05, 4.69) is 10.1 Å². The lowest BCUT2D eigenvalue weighted by Gasteiger charge is -2.25. The first-order valence-corrected chi connectivity index (χ1v) is 8.21. The van der Waals surface area contributed by atoms with Gasteiger partial charge in [0.1, 0.15) is 18.2 Å². The van der Waals surface area contributed by atoms with Crippen LogP contribution in [0.4, 0.5) is 0 Å². The van der Waals surface area contributed by atoms with Crippen molar-refractivity contribution in [2.24, 2.45) is 0 Å². The lowest BCUT2D eigenvalue weighted by atomic mass is 9.97. The van der Waals surface area contributed by atoms with Crippen LogP contribution in [0.3, 0.4) is 0 Å². The average molecular weight is 339 g/mol. The Labute approximate surface area is 141 Å². The van der Waals surface area contributed by atoms with Crippen molar-refractivity contribution in [1.82, 2.24) is 5.32 Å². The Hall–Kier alpha value is -2.05. The number of nitrogens with one attached hydrogen (secondary N) is 1. The number of amides is 1. The zero-order valence-corrected chi connectivity index (χ0v) is 14.2. The van der Waals surface area contributed by atoms with E-state index in [0.717, 1.165) is 38.3 Å². The summed E-state index contributed by atoms with van der Waals surface area (Å²) in [6.45, 7) is 1.56. The van der Waals surface area contributed by atoms with E-state index in [0.29, 0.717) is 0 Å². The van der Waals surface area contributed by atoms with Crippen LogP contribution in [-0.4, -0.2) is 54.0 Å². The zero-order valence-electron chi connectivity index (χ0n) is 14.2. The van der Waals surface area contributed by atoms with Gasteiger partial charge >= 0.3 is 12.2 Å². The molecule has 8 heteroatoms. The minimum absolute atomic E-state index is 0.0455. The molecule has 24 heavy (non-hydrogen) atoms. The summed E-state index contributed by atoms with van der Waals surface area (Å²) in [5.41, 5.74) is 8.35. The smallest absolute Gasteiger partial charge is 0.328 e. The number of nitrogens with zero attached hydrogens (tertiary/aromatic N) is 2. The van der Waals surface area contributed by atoms with Crippen molar-refractivity contribution in [2.45, 2.75) is 70.1 Å². The maximum absolute atomic E-state index is 12.4. The molecule has 1 amide bonds. The molecule has 8 nitrogen and oxygen atoms in total. The summed E-state index contributed by atoms with van der Waals surface area (Å²) < 4.78 is 10.4. The lowest BCUT2D eigenvalue weighted by molar-refractivity contribution is -0.155. The summed E-state index contributed by atoms with van der Waals surface area (Å²) in [7, 11) is 1.39. The number of hydrogen-bond donors (Lipinski definition) is 1. The second kappa shape index (κ2) is 10.7. The van der Waals surface area contributed by atoms with Crippen molar-refractivity contribution in [3.05, 3.63) is 5.53 Å². The maximum atomic E-state index is 12.4. The van der Waals surface area contributed by atoms with E-state index < -0.39 is 29.8 Å². The van der Waals surface area contributed by atoms with Crippen LogP contribution in [-0.2, 0) is 23.9 Å². The molecule has 0 heterocycles. The Morgan fingerprint density at radius 2 is 1.96 bits per heavy atom. The van der Waals surface area contributed by atoms with Crippen LogP contribution in [0, 0.1) is 0 Å².